The Labute approximate surface area is 109 Å². The molecular weight excluding hydrogens is 227 g/mol. The lowest BCUT2D eigenvalue weighted by Gasteiger charge is -2.35. The Bertz CT molecular complexity index is 372. The summed E-state index contributed by atoms with van der Waals surface area (Å²) in [5, 5.41) is 3.55. The molecule has 1 aromatic carbocycles. The lowest BCUT2D eigenvalue weighted by atomic mass is 10.0. The molecule has 18 heavy (non-hydrogen) atoms. The highest BCUT2D eigenvalue weighted by molar-refractivity contribution is 5.54. The summed E-state index contributed by atoms with van der Waals surface area (Å²) < 4.78 is 14.0. The fraction of sp³-hybridized carbons (Fsp3) is 0.600. The molecule has 3 heteroatoms. The van der Waals surface area contributed by atoms with Crippen LogP contribution < -0.4 is 10.2 Å². The smallest absolute Gasteiger partial charge is 0.146 e. The van der Waals surface area contributed by atoms with E-state index in [0.717, 1.165) is 43.7 Å². The van der Waals surface area contributed by atoms with Crippen LogP contribution in [0.4, 0.5) is 10.1 Å². The van der Waals surface area contributed by atoms with Crippen molar-refractivity contribution in [2.75, 3.05) is 24.5 Å². The van der Waals surface area contributed by atoms with Crippen molar-refractivity contribution in [1.82, 2.24) is 5.32 Å². The Hall–Kier alpha value is -1.09. The SMILES string of the molecule is CCCNC1CCCN(c2c(C)cccc2F)C1. The molecule has 0 bridgehead atoms. The quantitative estimate of drug-likeness (QED) is 0.883. The number of benzene rings is 1. The molecule has 0 radical (unpaired) electrons. The van der Waals surface area contributed by atoms with Crippen molar-refractivity contribution in [2.45, 2.75) is 39.2 Å². The molecule has 1 aliphatic heterocycles. The number of halogens is 1. The molecule has 2 rings (SSSR count). The fourth-order valence-electron chi connectivity index (χ4n) is 2.72. The highest BCUT2D eigenvalue weighted by Gasteiger charge is 2.22. The van der Waals surface area contributed by atoms with Crippen LogP contribution in [0.15, 0.2) is 18.2 Å². The van der Waals surface area contributed by atoms with Crippen LogP contribution in [0.25, 0.3) is 0 Å². The summed E-state index contributed by atoms with van der Waals surface area (Å²) in [5.41, 5.74) is 1.83. The predicted octanol–water partition coefficient (Wildman–Crippen LogP) is 3.10. The monoisotopic (exact) mass is 250 g/mol. The largest absolute Gasteiger partial charge is 0.367 e. The number of hydrogen-bond acceptors (Lipinski definition) is 2. The molecule has 0 aromatic heterocycles. The number of anilines is 1. The van der Waals surface area contributed by atoms with E-state index in [0.29, 0.717) is 6.04 Å². The Morgan fingerprint density at radius 1 is 1.44 bits per heavy atom. The predicted molar refractivity (Wildman–Crippen MR) is 74.7 cm³/mol. The van der Waals surface area contributed by atoms with E-state index in [9.17, 15) is 4.39 Å². The van der Waals surface area contributed by atoms with E-state index in [1.165, 1.54) is 6.42 Å². The second kappa shape index (κ2) is 6.19. The van der Waals surface area contributed by atoms with Crippen molar-refractivity contribution < 1.29 is 4.39 Å². The van der Waals surface area contributed by atoms with Crippen molar-refractivity contribution in [1.29, 1.82) is 0 Å². The van der Waals surface area contributed by atoms with Gasteiger partial charge in [0.25, 0.3) is 0 Å². The van der Waals surface area contributed by atoms with Gasteiger partial charge in [0.1, 0.15) is 5.82 Å². The number of nitrogens with zero attached hydrogens (tertiary/aromatic N) is 1. The van der Waals surface area contributed by atoms with Crippen LogP contribution in [0.2, 0.25) is 0 Å². The summed E-state index contributed by atoms with van der Waals surface area (Å²) in [6.45, 7) is 7.10. The first-order chi connectivity index (χ1) is 8.72. The molecule has 1 fully saturated rings. The first-order valence-electron chi connectivity index (χ1n) is 6.95. The van der Waals surface area contributed by atoms with Gasteiger partial charge < -0.3 is 10.2 Å². The Morgan fingerprint density at radius 3 is 3.00 bits per heavy atom. The van der Waals surface area contributed by atoms with Crippen molar-refractivity contribution in [3.63, 3.8) is 0 Å². The lowest BCUT2D eigenvalue weighted by molar-refractivity contribution is 0.420. The maximum atomic E-state index is 14.0. The van der Waals surface area contributed by atoms with E-state index in [2.05, 4.69) is 17.1 Å². The minimum atomic E-state index is -0.0915. The third kappa shape index (κ3) is 3.02. The Kier molecular flexibility index (Phi) is 4.59. The molecule has 1 unspecified atom stereocenters. The standard InChI is InChI=1S/C15H23FN2/c1-3-9-17-13-7-5-10-18(11-13)15-12(2)6-4-8-14(15)16/h4,6,8,13,17H,3,5,7,9-11H2,1-2H3. The summed E-state index contributed by atoms with van der Waals surface area (Å²) in [4.78, 5) is 2.20. The highest BCUT2D eigenvalue weighted by Crippen LogP contribution is 2.26. The molecule has 0 aliphatic carbocycles. The van der Waals surface area contributed by atoms with Crippen molar-refractivity contribution in [3.8, 4) is 0 Å². The molecule has 1 saturated heterocycles. The molecule has 100 valence electrons. The Balaban J connectivity index is 2.08. The summed E-state index contributed by atoms with van der Waals surface area (Å²) >= 11 is 0. The van der Waals surface area contributed by atoms with Gasteiger partial charge in [-0.2, -0.15) is 0 Å². The second-order valence-electron chi connectivity index (χ2n) is 5.14. The number of para-hydroxylation sites is 1. The average molecular weight is 250 g/mol. The van der Waals surface area contributed by atoms with Crippen LogP contribution in [-0.2, 0) is 0 Å². The maximum absolute atomic E-state index is 14.0. The van der Waals surface area contributed by atoms with Crippen LogP contribution in [0, 0.1) is 12.7 Å². The maximum Gasteiger partial charge on any atom is 0.146 e. The third-order valence-corrected chi connectivity index (χ3v) is 3.61. The highest BCUT2D eigenvalue weighted by atomic mass is 19.1. The van der Waals surface area contributed by atoms with Gasteiger partial charge in [-0.25, -0.2) is 4.39 Å². The minimum Gasteiger partial charge on any atom is -0.367 e. The van der Waals surface area contributed by atoms with Crippen LogP contribution in [0.1, 0.15) is 31.7 Å². The number of aryl methyl sites for hydroxylation is 1. The zero-order valence-electron chi connectivity index (χ0n) is 11.4. The van der Waals surface area contributed by atoms with Gasteiger partial charge in [0.05, 0.1) is 5.69 Å². The van der Waals surface area contributed by atoms with Gasteiger partial charge in [-0.3, -0.25) is 0 Å². The number of nitrogens with one attached hydrogen (secondary N) is 1. The molecule has 1 aliphatic rings. The van der Waals surface area contributed by atoms with E-state index >= 15 is 0 Å². The summed E-state index contributed by atoms with van der Waals surface area (Å²) in [5.74, 6) is -0.0915. The first kappa shape index (κ1) is 13.3. The van der Waals surface area contributed by atoms with Crippen molar-refractivity contribution >= 4 is 5.69 Å². The Morgan fingerprint density at radius 2 is 2.28 bits per heavy atom. The third-order valence-electron chi connectivity index (χ3n) is 3.61. The minimum absolute atomic E-state index is 0.0915. The summed E-state index contributed by atoms with van der Waals surface area (Å²) in [7, 11) is 0. The fourth-order valence-corrected chi connectivity index (χ4v) is 2.72. The van der Waals surface area contributed by atoms with Crippen LogP contribution in [0.3, 0.4) is 0 Å². The van der Waals surface area contributed by atoms with E-state index in [1.54, 1.807) is 12.1 Å². The van der Waals surface area contributed by atoms with Gasteiger partial charge in [-0.1, -0.05) is 19.1 Å². The molecule has 2 nitrogen and oxygen atoms in total. The lowest BCUT2D eigenvalue weighted by Crippen LogP contribution is -2.46. The van der Waals surface area contributed by atoms with E-state index in [-0.39, 0.29) is 5.82 Å². The van der Waals surface area contributed by atoms with Crippen LogP contribution >= 0.6 is 0 Å². The zero-order valence-corrected chi connectivity index (χ0v) is 11.4. The topological polar surface area (TPSA) is 15.3 Å². The van der Waals surface area contributed by atoms with E-state index in [1.807, 2.05) is 13.0 Å². The van der Waals surface area contributed by atoms with E-state index in [4.69, 9.17) is 0 Å². The number of piperidine rings is 1. The van der Waals surface area contributed by atoms with E-state index < -0.39 is 0 Å². The van der Waals surface area contributed by atoms with Gasteiger partial charge in [0, 0.05) is 19.1 Å². The molecule has 1 aromatic rings. The van der Waals surface area contributed by atoms with Gasteiger partial charge in [0.15, 0.2) is 0 Å². The first-order valence-corrected chi connectivity index (χ1v) is 6.95. The van der Waals surface area contributed by atoms with Gasteiger partial charge in [0.2, 0.25) is 0 Å². The molecule has 1 atom stereocenters. The second-order valence-corrected chi connectivity index (χ2v) is 5.14. The van der Waals surface area contributed by atoms with Crippen molar-refractivity contribution in [2.24, 2.45) is 0 Å². The number of rotatable bonds is 4. The zero-order chi connectivity index (χ0) is 13.0. The summed E-state index contributed by atoms with van der Waals surface area (Å²) in [6.07, 6.45) is 3.48. The van der Waals surface area contributed by atoms with Crippen LogP contribution in [-0.4, -0.2) is 25.7 Å². The van der Waals surface area contributed by atoms with Crippen molar-refractivity contribution in [3.05, 3.63) is 29.6 Å². The molecule has 0 saturated carbocycles. The van der Waals surface area contributed by atoms with Gasteiger partial charge in [-0.15, -0.1) is 0 Å². The van der Waals surface area contributed by atoms with Gasteiger partial charge in [-0.05, 0) is 44.4 Å². The van der Waals surface area contributed by atoms with Gasteiger partial charge >= 0.3 is 0 Å². The molecular formula is C15H23FN2. The average Bonchev–Trinajstić information content (AvgIpc) is 2.37. The number of hydrogen-bond donors (Lipinski definition) is 1. The molecule has 0 spiro atoms. The normalized spacial score (nSPS) is 20.2. The molecule has 0 amide bonds. The summed E-state index contributed by atoms with van der Waals surface area (Å²) in [6, 6.07) is 5.83. The molecule has 1 heterocycles. The molecule has 1 N–H and O–H groups in total. The van der Waals surface area contributed by atoms with Crippen LogP contribution in [0.5, 0.6) is 0 Å².